The third-order valence-electron chi connectivity index (χ3n) is 3.90. The van der Waals surface area contributed by atoms with Crippen molar-refractivity contribution in [3.05, 3.63) is 97.8 Å². The number of benzene rings is 2. The van der Waals surface area contributed by atoms with E-state index >= 15 is 0 Å². The van der Waals surface area contributed by atoms with Crippen LogP contribution in [0.1, 0.15) is 47.9 Å². The van der Waals surface area contributed by atoms with E-state index < -0.39 is 0 Å². The van der Waals surface area contributed by atoms with Gasteiger partial charge in [0.05, 0.1) is 0 Å². The molecule has 116 valence electrons. The second-order valence-electron chi connectivity index (χ2n) is 5.32. The summed E-state index contributed by atoms with van der Waals surface area (Å²) in [5.41, 5.74) is 5.47. The van der Waals surface area contributed by atoms with Gasteiger partial charge in [0.1, 0.15) is 0 Å². The molecule has 4 rings (SSSR count). The van der Waals surface area contributed by atoms with Gasteiger partial charge in [-0.3, -0.25) is 12.2 Å². The molecular formula is C22H24Hf. The van der Waals surface area contributed by atoms with Gasteiger partial charge in [0.2, 0.25) is 0 Å². The second-order valence-corrected chi connectivity index (χ2v) is 5.32. The third-order valence-corrected chi connectivity index (χ3v) is 3.90. The molecule has 0 aliphatic heterocycles. The van der Waals surface area contributed by atoms with E-state index in [-0.39, 0.29) is 40.7 Å². The smallest absolute Gasteiger partial charge is 0.358 e. The van der Waals surface area contributed by atoms with Crippen LogP contribution in [0.4, 0.5) is 0 Å². The predicted molar refractivity (Wildman–Crippen MR) is 98.0 cm³/mol. The molecule has 2 aliphatic rings. The molecule has 2 aliphatic carbocycles. The average molecular weight is 467 g/mol. The van der Waals surface area contributed by atoms with Gasteiger partial charge in [-0.2, -0.15) is 11.1 Å². The van der Waals surface area contributed by atoms with Crippen LogP contribution in [0, 0.1) is 27.0 Å². The van der Waals surface area contributed by atoms with E-state index in [1.54, 1.807) is 0 Å². The Hall–Kier alpha value is -1.21. The van der Waals surface area contributed by atoms with Gasteiger partial charge in [-0.05, 0) is 0 Å². The Morgan fingerprint density at radius 3 is 1.35 bits per heavy atom. The van der Waals surface area contributed by atoms with Gasteiger partial charge < -0.3 is 14.9 Å². The summed E-state index contributed by atoms with van der Waals surface area (Å²) in [5, 5.41) is 0. The molecule has 0 saturated heterocycles. The van der Waals surface area contributed by atoms with Crippen molar-refractivity contribution in [1.29, 1.82) is 0 Å². The van der Waals surface area contributed by atoms with Crippen molar-refractivity contribution in [2.75, 3.05) is 0 Å². The van der Waals surface area contributed by atoms with Gasteiger partial charge in [0.15, 0.2) is 0 Å². The second kappa shape index (κ2) is 9.82. The summed E-state index contributed by atoms with van der Waals surface area (Å²) in [7, 11) is 0. The first-order valence-corrected chi connectivity index (χ1v) is 7.12. The minimum absolute atomic E-state index is 0. The first kappa shape index (κ1) is 21.8. The van der Waals surface area contributed by atoms with Crippen molar-refractivity contribution in [2.45, 2.75) is 25.7 Å². The van der Waals surface area contributed by atoms with Crippen molar-refractivity contribution in [3.63, 3.8) is 0 Å². The molecule has 0 spiro atoms. The largest absolute Gasteiger partial charge is 4.00 e. The molecular weight excluding hydrogens is 443 g/mol. The predicted octanol–water partition coefficient (Wildman–Crippen LogP) is 6.14. The molecule has 2 atom stereocenters. The molecule has 1 heteroatoms. The molecule has 23 heavy (non-hydrogen) atoms. The minimum atomic E-state index is 0. The first-order valence-electron chi connectivity index (χ1n) is 7.12. The maximum atomic E-state index is 3.26. The summed E-state index contributed by atoms with van der Waals surface area (Å²) < 4.78 is 0. The van der Waals surface area contributed by atoms with E-state index in [2.05, 4.69) is 86.7 Å². The number of hydrogen-bond donors (Lipinski definition) is 0. The van der Waals surface area contributed by atoms with Gasteiger partial charge in [0.25, 0.3) is 0 Å². The average Bonchev–Trinajstić information content (AvgIpc) is 3.05. The summed E-state index contributed by atoms with van der Waals surface area (Å²) in [6.07, 6.45) is 10.7. The van der Waals surface area contributed by atoms with Crippen LogP contribution in [0.3, 0.4) is 0 Å². The van der Waals surface area contributed by atoms with Gasteiger partial charge in [-0.25, -0.2) is 12.2 Å². The Labute approximate surface area is 161 Å². The molecule has 2 unspecified atom stereocenters. The number of hydrogen-bond acceptors (Lipinski definition) is 0. The Balaban J connectivity index is 0.000000372. The Bertz CT molecular complexity index is 608. The summed E-state index contributed by atoms with van der Waals surface area (Å²) in [6.45, 7) is 4.34. The SMILES string of the molecule is CC1[C-]=Cc2ccccc21.CC1[C-]=Cc2ccccc21.[CH3-].[CH3-].[Hf+4]. The Kier molecular flexibility index (Phi) is 9.31. The van der Waals surface area contributed by atoms with Crippen LogP contribution >= 0.6 is 0 Å². The topological polar surface area (TPSA) is 0 Å². The normalized spacial score (nSPS) is 18.3. The fraction of sp³-hybridized carbons (Fsp3) is 0.182. The van der Waals surface area contributed by atoms with E-state index in [9.17, 15) is 0 Å². The number of allylic oxidation sites excluding steroid dienone is 2. The quantitative estimate of drug-likeness (QED) is 0.323. The van der Waals surface area contributed by atoms with Crippen molar-refractivity contribution in [1.82, 2.24) is 0 Å². The molecule has 0 heterocycles. The van der Waals surface area contributed by atoms with Gasteiger partial charge >= 0.3 is 25.8 Å². The molecule has 0 nitrogen and oxygen atoms in total. The van der Waals surface area contributed by atoms with Crippen LogP contribution in [-0.4, -0.2) is 0 Å². The molecule has 0 bridgehead atoms. The zero-order valence-electron chi connectivity index (χ0n) is 14.4. The van der Waals surface area contributed by atoms with Crippen molar-refractivity contribution < 1.29 is 25.8 Å². The molecule has 0 radical (unpaired) electrons. The van der Waals surface area contributed by atoms with Crippen molar-refractivity contribution in [2.24, 2.45) is 0 Å². The first-order chi connectivity index (χ1) is 9.75. The summed E-state index contributed by atoms with van der Waals surface area (Å²) in [5.74, 6) is 0.993. The summed E-state index contributed by atoms with van der Waals surface area (Å²) >= 11 is 0. The van der Waals surface area contributed by atoms with Crippen molar-refractivity contribution >= 4 is 12.2 Å². The van der Waals surface area contributed by atoms with Crippen molar-refractivity contribution in [3.8, 4) is 0 Å². The molecule has 0 amide bonds. The summed E-state index contributed by atoms with van der Waals surface area (Å²) in [4.78, 5) is 0. The van der Waals surface area contributed by atoms with Gasteiger partial charge in [-0.1, -0.05) is 62.1 Å². The van der Waals surface area contributed by atoms with E-state index in [4.69, 9.17) is 0 Å². The van der Waals surface area contributed by atoms with E-state index in [0.29, 0.717) is 11.8 Å². The number of rotatable bonds is 0. The van der Waals surface area contributed by atoms with E-state index in [1.807, 2.05) is 0 Å². The monoisotopic (exact) mass is 468 g/mol. The van der Waals surface area contributed by atoms with Gasteiger partial charge in [0, 0.05) is 0 Å². The molecule has 2 aromatic rings. The Morgan fingerprint density at radius 2 is 1.00 bits per heavy atom. The van der Waals surface area contributed by atoms with Crippen LogP contribution in [0.25, 0.3) is 12.2 Å². The molecule has 0 N–H and O–H groups in total. The minimum Gasteiger partial charge on any atom is -0.358 e. The van der Waals surface area contributed by atoms with Crippen LogP contribution in [-0.2, 0) is 25.8 Å². The van der Waals surface area contributed by atoms with Crippen LogP contribution < -0.4 is 0 Å². The molecule has 2 aromatic carbocycles. The molecule has 0 aromatic heterocycles. The van der Waals surface area contributed by atoms with Crippen LogP contribution in [0.2, 0.25) is 0 Å². The number of fused-ring (bicyclic) bond motifs is 2. The zero-order chi connectivity index (χ0) is 13.9. The van der Waals surface area contributed by atoms with E-state index in [0.717, 1.165) is 0 Å². The third kappa shape index (κ3) is 4.88. The molecule has 0 fully saturated rings. The van der Waals surface area contributed by atoms with Crippen LogP contribution in [0.5, 0.6) is 0 Å². The molecule has 0 saturated carbocycles. The zero-order valence-corrected chi connectivity index (χ0v) is 18.0. The Morgan fingerprint density at radius 1 is 0.652 bits per heavy atom. The van der Waals surface area contributed by atoms with Gasteiger partial charge in [-0.15, -0.1) is 23.3 Å². The maximum Gasteiger partial charge on any atom is 4.00 e. The maximum absolute atomic E-state index is 3.26. The van der Waals surface area contributed by atoms with Crippen LogP contribution in [0.15, 0.2) is 48.5 Å². The fourth-order valence-electron chi connectivity index (χ4n) is 2.68. The van der Waals surface area contributed by atoms with E-state index in [1.165, 1.54) is 22.3 Å². The summed E-state index contributed by atoms with van der Waals surface area (Å²) in [6, 6.07) is 16.9. The fourth-order valence-corrected chi connectivity index (χ4v) is 2.68. The standard InChI is InChI=1S/2C10H9.2CH3.Hf/c2*1-8-6-7-9-4-2-3-5-10(8)9;;;/h2*2-5,7-8H,1H3;2*1H3;/q4*-1;+4.